The van der Waals surface area contributed by atoms with Crippen molar-refractivity contribution in [2.24, 2.45) is 0 Å². The van der Waals surface area contributed by atoms with Gasteiger partial charge in [-0.2, -0.15) is 0 Å². The third-order valence-corrected chi connectivity index (χ3v) is 5.32. The summed E-state index contributed by atoms with van der Waals surface area (Å²) in [6.07, 6.45) is 7.48. The standard InChI is InChI=1S/C19H18N4O2/c24-18(13-6-7-17-22-20-12-23(17)11-13)21-15-10-19(8-3-9-19)25-16-5-2-1-4-14(15)16/h1-2,4-7,11-12,15H,3,8-10H2,(H,21,24)/t15-/m1/s1. The van der Waals surface area contributed by atoms with E-state index in [0.29, 0.717) is 5.56 Å². The molecular weight excluding hydrogens is 316 g/mol. The zero-order chi connectivity index (χ0) is 16.9. The fourth-order valence-corrected chi connectivity index (χ4v) is 3.83. The molecule has 3 heterocycles. The van der Waals surface area contributed by atoms with Gasteiger partial charge in [0, 0.05) is 18.2 Å². The highest BCUT2D eigenvalue weighted by atomic mass is 16.5. The molecule has 1 saturated carbocycles. The van der Waals surface area contributed by atoms with Crippen molar-refractivity contribution in [3.8, 4) is 5.75 Å². The van der Waals surface area contributed by atoms with Gasteiger partial charge >= 0.3 is 0 Å². The molecule has 5 rings (SSSR count). The molecule has 1 fully saturated rings. The van der Waals surface area contributed by atoms with Crippen LogP contribution in [0.1, 0.15) is 47.6 Å². The Hall–Kier alpha value is -2.89. The lowest BCUT2D eigenvalue weighted by Crippen LogP contribution is -2.49. The first kappa shape index (κ1) is 14.5. The number of nitrogens with one attached hydrogen (secondary N) is 1. The van der Waals surface area contributed by atoms with Gasteiger partial charge in [0.1, 0.15) is 17.7 Å². The molecule has 0 unspecified atom stereocenters. The van der Waals surface area contributed by atoms with E-state index in [1.54, 1.807) is 29.1 Å². The van der Waals surface area contributed by atoms with Crippen molar-refractivity contribution < 1.29 is 9.53 Å². The summed E-state index contributed by atoms with van der Waals surface area (Å²) in [6, 6.07) is 11.6. The molecule has 2 aromatic heterocycles. The van der Waals surface area contributed by atoms with E-state index in [-0.39, 0.29) is 17.6 Å². The van der Waals surface area contributed by atoms with Gasteiger partial charge in [-0.25, -0.2) is 0 Å². The summed E-state index contributed by atoms with van der Waals surface area (Å²) in [4.78, 5) is 12.8. The Balaban J connectivity index is 1.45. The largest absolute Gasteiger partial charge is 0.487 e. The molecule has 6 nitrogen and oxygen atoms in total. The molecule has 1 N–H and O–H groups in total. The number of benzene rings is 1. The maximum Gasteiger partial charge on any atom is 0.253 e. The van der Waals surface area contributed by atoms with E-state index < -0.39 is 0 Å². The quantitative estimate of drug-likeness (QED) is 0.782. The van der Waals surface area contributed by atoms with Crippen molar-refractivity contribution in [1.82, 2.24) is 19.9 Å². The average molecular weight is 334 g/mol. The minimum Gasteiger partial charge on any atom is -0.487 e. The summed E-state index contributed by atoms with van der Waals surface area (Å²) in [5.41, 5.74) is 2.27. The zero-order valence-corrected chi connectivity index (χ0v) is 13.7. The van der Waals surface area contributed by atoms with E-state index in [2.05, 4.69) is 15.5 Å². The molecule has 3 aromatic rings. The number of hydrogen-bond donors (Lipinski definition) is 1. The smallest absolute Gasteiger partial charge is 0.253 e. The van der Waals surface area contributed by atoms with Crippen LogP contribution < -0.4 is 10.1 Å². The van der Waals surface area contributed by atoms with Crippen LogP contribution in [0.15, 0.2) is 48.9 Å². The molecule has 1 aliphatic heterocycles. The topological polar surface area (TPSA) is 68.5 Å². The fourth-order valence-electron chi connectivity index (χ4n) is 3.83. The maximum absolute atomic E-state index is 12.8. The van der Waals surface area contributed by atoms with Crippen LogP contribution in [-0.4, -0.2) is 26.1 Å². The number of fused-ring (bicyclic) bond motifs is 2. The van der Waals surface area contributed by atoms with E-state index in [0.717, 1.165) is 36.2 Å². The van der Waals surface area contributed by atoms with Gasteiger partial charge in [0.05, 0.1) is 11.6 Å². The lowest BCUT2D eigenvalue weighted by atomic mass is 9.73. The van der Waals surface area contributed by atoms with E-state index in [1.807, 2.05) is 24.3 Å². The van der Waals surface area contributed by atoms with Gasteiger partial charge in [0.2, 0.25) is 0 Å². The van der Waals surface area contributed by atoms with Gasteiger partial charge in [0.15, 0.2) is 5.65 Å². The number of amides is 1. The van der Waals surface area contributed by atoms with Crippen LogP contribution in [-0.2, 0) is 0 Å². The van der Waals surface area contributed by atoms with Crippen molar-refractivity contribution in [2.45, 2.75) is 37.3 Å². The number of carbonyl (C=O) groups excluding carboxylic acids is 1. The van der Waals surface area contributed by atoms with Crippen LogP contribution in [0.5, 0.6) is 5.75 Å². The zero-order valence-electron chi connectivity index (χ0n) is 13.7. The Bertz CT molecular complexity index is 961. The second-order valence-electron chi connectivity index (χ2n) is 6.92. The molecule has 1 spiro atoms. The van der Waals surface area contributed by atoms with E-state index >= 15 is 0 Å². The molecule has 0 radical (unpaired) electrons. The van der Waals surface area contributed by atoms with Gasteiger partial charge in [-0.1, -0.05) is 18.2 Å². The first-order chi connectivity index (χ1) is 12.2. The molecule has 126 valence electrons. The van der Waals surface area contributed by atoms with E-state index in [4.69, 9.17) is 4.74 Å². The van der Waals surface area contributed by atoms with Crippen molar-refractivity contribution in [3.63, 3.8) is 0 Å². The second-order valence-corrected chi connectivity index (χ2v) is 6.92. The molecule has 2 aliphatic rings. The molecule has 1 amide bonds. The normalized spacial score (nSPS) is 20.6. The second kappa shape index (κ2) is 5.31. The number of rotatable bonds is 2. The lowest BCUT2D eigenvalue weighted by Gasteiger charge is -2.48. The number of ether oxygens (including phenoxy) is 1. The molecule has 6 heteroatoms. The summed E-state index contributed by atoms with van der Waals surface area (Å²) in [6.45, 7) is 0. The Morgan fingerprint density at radius 2 is 2.12 bits per heavy atom. The van der Waals surface area contributed by atoms with Crippen LogP contribution >= 0.6 is 0 Å². The summed E-state index contributed by atoms with van der Waals surface area (Å²) in [5, 5.41) is 11.0. The highest BCUT2D eigenvalue weighted by Crippen LogP contribution is 2.48. The molecule has 25 heavy (non-hydrogen) atoms. The predicted molar refractivity (Wildman–Crippen MR) is 91.5 cm³/mol. The fraction of sp³-hybridized carbons (Fsp3) is 0.316. The Morgan fingerprint density at radius 3 is 2.96 bits per heavy atom. The number of nitrogens with zero attached hydrogens (tertiary/aromatic N) is 3. The van der Waals surface area contributed by atoms with Gasteiger partial charge in [-0.15, -0.1) is 10.2 Å². The third-order valence-electron chi connectivity index (χ3n) is 5.32. The van der Waals surface area contributed by atoms with E-state index in [1.165, 1.54) is 6.42 Å². The number of hydrogen-bond acceptors (Lipinski definition) is 4. The summed E-state index contributed by atoms with van der Waals surface area (Å²) >= 11 is 0. The monoisotopic (exact) mass is 334 g/mol. The molecule has 0 saturated heterocycles. The van der Waals surface area contributed by atoms with Crippen molar-refractivity contribution in [1.29, 1.82) is 0 Å². The van der Waals surface area contributed by atoms with Gasteiger partial charge in [0.25, 0.3) is 5.91 Å². The van der Waals surface area contributed by atoms with Crippen molar-refractivity contribution in [3.05, 3.63) is 60.0 Å². The van der Waals surface area contributed by atoms with Crippen LogP contribution in [0.4, 0.5) is 0 Å². The molecule has 0 bridgehead atoms. The highest BCUT2D eigenvalue weighted by molar-refractivity contribution is 5.94. The molecule has 1 aliphatic carbocycles. The Labute approximate surface area is 144 Å². The van der Waals surface area contributed by atoms with Crippen LogP contribution in [0, 0.1) is 0 Å². The Morgan fingerprint density at radius 1 is 1.24 bits per heavy atom. The molecule has 1 atom stereocenters. The number of pyridine rings is 1. The SMILES string of the molecule is O=C(N[C@@H]1CC2(CCC2)Oc2ccccc21)c1ccc2nncn2c1. The average Bonchev–Trinajstić information content (AvgIpc) is 3.08. The first-order valence-electron chi connectivity index (χ1n) is 8.61. The van der Waals surface area contributed by atoms with Crippen LogP contribution in [0.2, 0.25) is 0 Å². The number of para-hydroxylation sites is 1. The van der Waals surface area contributed by atoms with Gasteiger partial charge in [-0.3, -0.25) is 9.20 Å². The lowest BCUT2D eigenvalue weighted by molar-refractivity contribution is -0.0360. The minimum absolute atomic E-state index is 0.0330. The Kier molecular flexibility index (Phi) is 3.07. The third kappa shape index (κ3) is 2.36. The maximum atomic E-state index is 12.8. The molecular formula is C19H18N4O2. The van der Waals surface area contributed by atoms with Crippen LogP contribution in [0.25, 0.3) is 5.65 Å². The summed E-state index contributed by atoms with van der Waals surface area (Å²) < 4.78 is 8.00. The van der Waals surface area contributed by atoms with E-state index in [9.17, 15) is 4.79 Å². The van der Waals surface area contributed by atoms with Gasteiger partial charge < -0.3 is 10.1 Å². The first-order valence-corrected chi connectivity index (χ1v) is 8.61. The van der Waals surface area contributed by atoms with Crippen LogP contribution in [0.3, 0.4) is 0 Å². The number of carbonyl (C=O) groups is 1. The summed E-state index contributed by atoms with van der Waals surface area (Å²) in [5.74, 6) is 0.805. The molecule has 1 aromatic carbocycles. The van der Waals surface area contributed by atoms with Gasteiger partial charge in [-0.05, 0) is 37.5 Å². The minimum atomic E-state index is -0.107. The number of aromatic nitrogens is 3. The van der Waals surface area contributed by atoms with Crippen molar-refractivity contribution in [2.75, 3.05) is 0 Å². The summed E-state index contributed by atoms with van der Waals surface area (Å²) in [7, 11) is 0. The van der Waals surface area contributed by atoms with Crippen molar-refractivity contribution >= 4 is 11.6 Å². The highest BCUT2D eigenvalue weighted by Gasteiger charge is 2.45. The predicted octanol–water partition coefficient (Wildman–Crippen LogP) is 2.91.